The lowest BCUT2D eigenvalue weighted by molar-refractivity contribution is 0.224. The summed E-state index contributed by atoms with van der Waals surface area (Å²) in [5.74, 6) is 0.461. The van der Waals surface area contributed by atoms with E-state index in [4.69, 9.17) is 5.26 Å². The summed E-state index contributed by atoms with van der Waals surface area (Å²) in [5, 5.41) is 14.7. The van der Waals surface area contributed by atoms with Gasteiger partial charge in [0.25, 0.3) is 10.2 Å². The van der Waals surface area contributed by atoms with Crippen molar-refractivity contribution in [2.24, 2.45) is 23.7 Å². The van der Waals surface area contributed by atoms with E-state index in [0.717, 1.165) is 28.6 Å². The maximum absolute atomic E-state index is 13.5. The predicted octanol–water partition coefficient (Wildman–Crippen LogP) is 4.10. The number of nitrogens with zero attached hydrogens (tertiary/aromatic N) is 5. The van der Waals surface area contributed by atoms with Gasteiger partial charge < -0.3 is 0 Å². The molecule has 9 heteroatoms. The minimum atomic E-state index is -3.60. The third kappa shape index (κ3) is 3.37. The molecular formula is C29H28FN5O2S. The maximum Gasteiger partial charge on any atom is 0.282 e. The summed E-state index contributed by atoms with van der Waals surface area (Å²) < 4.78 is 45.3. The van der Waals surface area contributed by atoms with Crippen molar-refractivity contribution in [1.29, 1.82) is 5.26 Å². The van der Waals surface area contributed by atoms with E-state index in [1.807, 2.05) is 10.9 Å². The lowest BCUT2D eigenvalue weighted by Gasteiger charge is -2.38. The Balaban J connectivity index is 1.27. The van der Waals surface area contributed by atoms with Crippen molar-refractivity contribution in [3.05, 3.63) is 83.8 Å². The van der Waals surface area contributed by atoms with Gasteiger partial charge in [-0.15, -0.1) is 0 Å². The van der Waals surface area contributed by atoms with Gasteiger partial charge >= 0.3 is 0 Å². The highest BCUT2D eigenvalue weighted by Crippen LogP contribution is 2.69. The van der Waals surface area contributed by atoms with Crippen LogP contribution >= 0.6 is 0 Å². The van der Waals surface area contributed by atoms with Crippen LogP contribution in [0.3, 0.4) is 0 Å². The molecule has 38 heavy (non-hydrogen) atoms. The van der Waals surface area contributed by atoms with Gasteiger partial charge in [0.05, 0.1) is 29.4 Å². The number of nitriles is 1. The van der Waals surface area contributed by atoms with Gasteiger partial charge in [0.1, 0.15) is 5.82 Å². The first kappa shape index (κ1) is 23.8. The van der Waals surface area contributed by atoms with Crippen LogP contribution in [0.4, 0.5) is 4.39 Å². The van der Waals surface area contributed by atoms with Crippen molar-refractivity contribution in [3.8, 4) is 11.8 Å². The number of piperidine rings is 1. The molecule has 4 atom stereocenters. The number of aryl methyl sites for hydroxylation is 1. The summed E-state index contributed by atoms with van der Waals surface area (Å²) in [6.07, 6.45) is 11.5. The average Bonchev–Trinajstić information content (AvgIpc) is 3.15. The smallest absolute Gasteiger partial charge is 0.233 e. The molecule has 7 nitrogen and oxygen atoms in total. The molecule has 1 saturated carbocycles. The Morgan fingerprint density at radius 1 is 1.11 bits per heavy atom. The Kier molecular flexibility index (Phi) is 5.22. The largest absolute Gasteiger partial charge is 0.282 e. The quantitative estimate of drug-likeness (QED) is 0.498. The van der Waals surface area contributed by atoms with Gasteiger partial charge in [-0.05, 0) is 78.6 Å². The van der Waals surface area contributed by atoms with Gasteiger partial charge in [0.15, 0.2) is 0 Å². The first-order chi connectivity index (χ1) is 18.3. The molecule has 2 aliphatic carbocycles. The second-order valence-corrected chi connectivity index (χ2v) is 13.0. The van der Waals surface area contributed by atoms with Gasteiger partial charge in [0, 0.05) is 37.0 Å². The molecule has 3 fully saturated rings. The van der Waals surface area contributed by atoms with Crippen molar-refractivity contribution < 1.29 is 12.8 Å². The van der Waals surface area contributed by atoms with Crippen LogP contribution < -0.4 is 0 Å². The zero-order valence-electron chi connectivity index (χ0n) is 21.0. The first-order valence-electron chi connectivity index (χ1n) is 13.1. The zero-order chi connectivity index (χ0) is 26.2. The number of benzene rings is 2. The summed E-state index contributed by atoms with van der Waals surface area (Å²) in [5.41, 5.74) is 3.77. The van der Waals surface area contributed by atoms with Crippen molar-refractivity contribution in [2.75, 3.05) is 26.2 Å². The van der Waals surface area contributed by atoms with Gasteiger partial charge in [0.2, 0.25) is 0 Å². The SMILES string of the molecule is Cc1cc2c(cnn2-c2ccc(F)cc2)cc1[C@]12CN(S(=O)(=O)N3CC(C#N)C3)C[C@H]1[C@@H]2C1C=CC=CC1. The topological polar surface area (TPSA) is 82.2 Å². The van der Waals surface area contributed by atoms with Crippen LogP contribution in [0.2, 0.25) is 0 Å². The van der Waals surface area contributed by atoms with E-state index in [1.165, 1.54) is 22.0 Å². The van der Waals surface area contributed by atoms with Crippen molar-refractivity contribution in [3.63, 3.8) is 0 Å². The number of hydrogen-bond donors (Lipinski definition) is 0. The maximum atomic E-state index is 13.5. The average molecular weight is 530 g/mol. The molecule has 1 unspecified atom stereocenters. The highest BCUT2D eigenvalue weighted by Gasteiger charge is 2.72. The molecule has 0 amide bonds. The van der Waals surface area contributed by atoms with Gasteiger partial charge in [-0.2, -0.15) is 27.4 Å². The Bertz CT molecular complexity index is 1650. The van der Waals surface area contributed by atoms with Crippen LogP contribution in [0.1, 0.15) is 17.5 Å². The Morgan fingerprint density at radius 3 is 2.61 bits per heavy atom. The van der Waals surface area contributed by atoms with Crippen LogP contribution in [-0.4, -0.2) is 53.0 Å². The lowest BCUT2D eigenvalue weighted by Crippen LogP contribution is -2.55. The first-order valence-corrected chi connectivity index (χ1v) is 14.5. The highest BCUT2D eigenvalue weighted by atomic mass is 32.2. The number of hydrogen-bond acceptors (Lipinski definition) is 4. The number of allylic oxidation sites excluding steroid dienone is 4. The van der Waals surface area contributed by atoms with Crippen LogP contribution in [0, 0.1) is 47.7 Å². The molecule has 4 aliphatic rings. The predicted molar refractivity (Wildman–Crippen MR) is 142 cm³/mol. The van der Waals surface area contributed by atoms with Crippen molar-refractivity contribution >= 4 is 21.1 Å². The van der Waals surface area contributed by atoms with E-state index in [-0.39, 0.29) is 36.2 Å². The molecule has 0 radical (unpaired) electrons. The van der Waals surface area contributed by atoms with E-state index in [9.17, 15) is 12.8 Å². The molecular weight excluding hydrogens is 501 g/mol. The lowest BCUT2D eigenvalue weighted by atomic mass is 9.83. The monoisotopic (exact) mass is 529 g/mol. The van der Waals surface area contributed by atoms with Crippen molar-refractivity contribution in [2.45, 2.75) is 18.8 Å². The zero-order valence-corrected chi connectivity index (χ0v) is 21.9. The third-order valence-corrected chi connectivity index (χ3v) is 10.9. The summed E-state index contributed by atoms with van der Waals surface area (Å²) in [6.45, 7) is 3.60. The van der Waals surface area contributed by atoms with Gasteiger partial charge in [-0.3, -0.25) is 0 Å². The number of aromatic nitrogens is 2. The fourth-order valence-corrected chi connectivity index (χ4v) is 8.94. The number of halogens is 1. The Hall–Kier alpha value is -3.32. The number of fused-ring (bicyclic) bond motifs is 2. The van der Waals surface area contributed by atoms with Crippen LogP contribution in [-0.2, 0) is 15.6 Å². The molecule has 3 heterocycles. The van der Waals surface area contributed by atoms with E-state index < -0.39 is 10.2 Å². The summed E-state index contributed by atoms with van der Waals surface area (Å²) in [4.78, 5) is 0. The summed E-state index contributed by atoms with van der Waals surface area (Å²) in [6, 6.07) is 12.8. The Labute approximate surface area is 221 Å². The fourth-order valence-electron chi connectivity index (χ4n) is 7.15. The third-order valence-electron chi connectivity index (χ3n) is 9.06. The molecule has 2 aromatic carbocycles. The second kappa shape index (κ2) is 8.34. The van der Waals surface area contributed by atoms with E-state index in [2.05, 4.69) is 54.5 Å². The van der Waals surface area contributed by atoms with Crippen LogP contribution in [0.25, 0.3) is 16.6 Å². The minimum Gasteiger partial charge on any atom is -0.233 e. The molecule has 0 N–H and O–H groups in total. The second-order valence-electron chi connectivity index (χ2n) is 11.1. The van der Waals surface area contributed by atoms with Crippen molar-refractivity contribution in [1.82, 2.24) is 18.4 Å². The van der Waals surface area contributed by atoms with E-state index >= 15 is 0 Å². The van der Waals surface area contributed by atoms with Crippen LogP contribution in [0.15, 0.2) is 66.9 Å². The summed E-state index contributed by atoms with van der Waals surface area (Å²) in [7, 11) is -3.60. The molecule has 2 aliphatic heterocycles. The summed E-state index contributed by atoms with van der Waals surface area (Å²) >= 11 is 0. The molecule has 7 rings (SSSR count). The fraction of sp³-hybridized carbons (Fsp3) is 0.379. The highest BCUT2D eigenvalue weighted by molar-refractivity contribution is 7.86. The number of rotatable bonds is 5. The standard InChI is InChI=1S/C29H28FN5O2S/c1-19-11-27-22(14-32-35(27)24-9-7-23(30)8-10-24)12-25(19)29-18-34(38(36,37)33-15-20(13-31)16-33)17-26(29)28(29)21-5-3-2-4-6-21/h2-5,7-12,14,20-21,26,28H,6,15-18H2,1H3/t21?,26-,28-,29+/m0/s1. The molecule has 3 aromatic rings. The molecule has 0 bridgehead atoms. The molecule has 2 saturated heterocycles. The van der Waals surface area contributed by atoms with Gasteiger partial charge in [-0.25, -0.2) is 9.07 Å². The van der Waals surface area contributed by atoms with E-state index in [0.29, 0.717) is 24.9 Å². The van der Waals surface area contributed by atoms with E-state index in [1.54, 1.807) is 16.4 Å². The van der Waals surface area contributed by atoms with Gasteiger partial charge in [-0.1, -0.05) is 24.3 Å². The molecule has 1 aromatic heterocycles. The normalized spacial score (nSPS) is 29.3. The van der Waals surface area contributed by atoms with Crippen LogP contribution in [0.5, 0.6) is 0 Å². The Morgan fingerprint density at radius 2 is 1.89 bits per heavy atom. The molecule has 0 spiro atoms. The molecule has 194 valence electrons. The minimum absolute atomic E-state index is 0.218.